The lowest BCUT2D eigenvalue weighted by Crippen LogP contribution is -2.37. The summed E-state index contributed by atoms with van der Waals surface area (Å²) in [5.74, 6) is 0.915. The number of halogens is 1. The monoisotopic (exact) mass is 352 g/mol. The topological polar surface area (TPSA) is 41.1 Å². The Morgan fingerprint density at radius 2 is 1.83 bits per heavy atom. The molecular formula is C20H33ClN2O. The maximum absolute atomic E-state index is 12.1. The smallest absolute Gasteiger partial charge is 0.220 e. The van der Waals surface area contributed by atoms with Crippen molar-refractivity contribution in [3.05, 3.63) is 35.4 Å². The van der Waals surface area contributed by atoms with Crippen molar-refractivity contribution in [1.82, 2.24) is 10.6 Å². The van der Waals surface area contributed by atoms with Crippen LogP contribution in [0, 0.1) is 5.92 Å². The van der Waals surface area contributed by atoms with Gasteiger partial charge in [0.2, 0.25) is 5.91 Å². The van der Waals surface area contributed by atoms with Gasteiger partial charge in [-0.05, 0) is 55.8 Å². The van der Waals surface area contributed by atoms with Gasteiger partial charge in [-0.3, -0.25) is 4.79 Å². The molecule has 1 aliphatic rings. The highest BCUT2D eigenvalue weighted by Crippen LogP contribution is 2.23. The standard InChI is InChI=1S/C20H32N2O.ClH/c1-4-16-5-8-18(9-6-16)20(2,3)15-22-19(23)10-7-17-11-13-21-14-12-17;/h5-6,8-9,17,21H,4,7,10-15H2,1-3H3,(H,22,23);1H. The lowest BCUT2D eigenvalue weighted by Gasteiger charge is -2.26. The zero-order valence-electron chi connectivity index (χ0n) is 15.4. The second-order valence-corrected chi connectivity index (χ2v) is 7.44. The van der Waals surface area contributed by atoms with Crippen LogP contribution in [0.1, 0.15) is 57.6 Å². The zero-order chi connectivity index (χ0) is 16.7. The number of nitrogens with one attached hydrogen (secondary N) is 2. The second kappa shape index (κ2) is 10.0. The third kappa shape index (κ3) is 6.45. The highest BCUT2D eigenvalue weighted by molar-refractivity contribution is 5.85. The highest BCUT2D eigenvalue weighted by atomic mass is 35.5. The summed E-state index contributed by atoms with van der Waals surface area (Å²) in [6, 6.07) is 8.77. The number of hydrogen-bond donors (Lipinski definition) is 2. The van der Waals surface area contributed by atoms with Crippen LogP contribution in [0.5, 0.6) is 0 Å². The number of rotatable bonds is 7. The summed E-state index contributed by atoms with van der Waals surface area (Å²) < 4.78 is 0. The number of carbonyl (C=O) groups excluding carboxylic acids is 1. The molecule has 0 aliphatic carbocycles. The number of aryl methyl sites for hydroxylation is 1. The van der Waals surface area contributed by atoms with Crippen molar-refractivity contribution >= 4 is 18.3 Å². The Morgan fingerprint density at radius 3 is 2.42 bits per heavy atom. The number of piperidine rings is 1. The summed E-state index contributed by atoms with van der Waals surface area (Å²) in [5.41, 5.74) is 2.61. The van der Waals surface area contributed by atoms with E-state index in [4.69, 9.17) is 0 Å². The van der Waals surface area contributed by atoms with Gasteiger partial charge in [0.1, 0.15) is 0 Å². The molecule has 2 N–H and O–H groups in total. The molecule has 24 heavy (non-hydrogen) atoms. The Morgan fingerprint density at radius 1 is 1.21 bits per heavy atom. The summed E-state index contributed by atoms with van der Waals surface area (Å²) in [5, 5.41) is 6.51. The van der Waals surface area contributed by atoms with E-state index in [0.29, 0.717) is 13.0 Å². The van der Waals surface area contributed by atoms with Crippen molar-refractivity contribution < 1.29 is 4.79 Å². The van der Waals surface area contributed by atoms with Crippen LogP contribution in [0.2, 0.25) is 0 Å². The Kier molecular flexibility index (Phi) is 8.79. The van der Waals surface area contributed by atoms with Gasteiger partial charge in [-0.15, -0.1) is 12.4 Å². The molecule has 2 rings (SSSR count). The third-order valence-electron chi connectivity index (χ3n) is 5.11. The Balaban J connectivity index is 0.00000288. The predicted octanol–water partition coefficient (Wildman–Crippen LogP) is 3.84. The van der Waals surface area contributed by atoms with Crippen molar-refractivity contribution in [3.63, 3.8) is 0 Å². The Labute approximate surface area is 153 Å². The molecule has 1 amide bonds. The van der Waals surface area contributed by atoms with Crippen LogP contribution in [0.25, 0.3) is 0 Å². The van der Waals surface area contributed by atoms with Gasteiger partial charge >= 0.3 is 0 Å². The number of carbonyl (C=O) groups is 1. The molecule has 0 atom stereocenters. The molecule has 1 fully saturated rings. The van der Waals surface area contributed by atoms with Crippen molar-refractivity contribution in [1.29, 1.82) is 0 Å². The molecule has 0 spiro atoms. The second-order valence-electron chi connectivity index (χ2n) is 7.44. The van der Waals surface area contributed by atoms with Crippen LogP contribution in [0.3, 0.4) is 0 Å². The molecule has 1 heterocycles. The maximum Gasteiger partial charge on any atom is 0.220 e. The van der Waals surface area contributed by atoms with Crippen LogP contribution < -0.4 is 10.6 Å². The van der Waals surface area contributed by atoms with E-state index in [1.807, 2.05) is 0 Å². The van der Waals surface area contributed by atoms with Gasteiger partial charge in [0.05, 0.1) is 0 Å². The van der Waals surface area contributed by atoms with Crippen LogP contribution in [-0.2, 0) is 16.6 Å². The Bertz CT molecular complexity index is 493. The molecule has 0 radical (unpaired) electrons. The lowest BCUT2D eigenvalue weighted by molar-refractivity contribution is -0.121. The molecule has 3 nitrogen and oxygen atoms in total. The van der Waals surface area contributed by atoms with Crippen LogP contribution in [0.4, 0.5) is 0 Å². The molecule has 0 bridgehead atoms. The van der Waals surface area contributed by atoms with Crippen molar-refractivity contribution in [3.8, 4) is 0 Å². The van der Waals surface area contributed by atoms with Gasteiger partial charge in [-0.2, -0.15) is 0 Å². The van der Waals surface area contributed by atoms with Crippen LogP contribution in [-0.4, -0.2) is 25.5 Å². The van der Waals surface area contributed by atoms with E-state index in [2.05, 4.69) is 55.7 Å². The SMILES string of the molecule is CCc1ccc(C(C)(C)CNC(=O)CCC2CCNCC2)cc1.Cl. The Hall–Kier alpha value is -1.06. The first-order valence-corrected chi connectivity index (χ1v) is 9.08. The molecule has 4 heteroatoms. The highest BCUT2D eigenvalue weighted by Gasteiger charge is 2.22. The minimum absolute atomic E-state index is 0. The van der Waals surface area contributed by atoms with E-state index < -0.39 is 0 Å². The van der Waals surface area contributed by atoms with Gasteiger partial charge in [0.25, 0.3) is 0 Å². The first kappa shape index (κ1) is 21.0. The van der Waals surface area contributed by atoms with E-state index in [0.717, 1.165) is 31.8 Å². The number of amides is 1. The minimum Gasteiger partial charge on any atom is -0.355 e. The molecule has 1 aromatic rings. The van der Waals surface area contributed by atoms with E-state index >= 15 is 0 Å². The van der Waals surface area contributed by atoms with Gasteiger partial charge in [-0.1, -0.05) is 45.0 Å². The minimum atomic E-state index is -0.0311. The fourth-order valence-electron chi connectivity index (χ4n) is 3.21. The fourth-order valence-corrected chi connectivity index (χ4v) is 3.21. The van der Waals surface area contributed by atoms with Crippen molar-refractivity contribution in [2.24, 2.45) is 5.92 Å². The summed E-state index contributed by atoms with van der Waals surface area (Å²) >= 11 is 0. The van der Waals surface area contributed by atoms with Crippen molar-refractivity contribution in [2.45, 2.75) is 58.3 Å². The number of benzene rings is 1. The molecule has 0 unspecified atom stereocenters. The van der Waals surface area contributed by atoms with E-state index in [-0.39, 0.29) is 23.7 Å². The van der Waals surface area contributed by atoms with Crippen LogP contribution >= 0.6 is 12.4 Å². The van der Waals surface area contributed by atoms with Gasteiger partial charge in [0, 0.05) is 18.4 Å². The largest absolute Gasteiger partial charge is 0.355 e. The molecule has 136 valence electrons. The first-order valence-electron chi connectivity index (χ1n) is 9.08. The van der Waals surface area contributed by atoms with E-state index in [1.54, 1.807) is 0 Å². The molecule has 1 saturated heterocycles. The quantitative estimate of drug-likeness (QED) is 0.782. The van der Waals surface area contributed by atoms with E-state index in [9.17, 15) is 4.79 Å². The summed E-state index contributed by atoms with van der Waals surface area (Å²) in [6.45, 7) is 9.47. The number of hydrogen-bond acceptors (Lipinski definition) is 2. The summed E-state index contributed by atoms with van der Waals surface area (Å²) in [7, 11) is 0. The molecular weight excluding hydrogens is 320 g/mol. The third-order valence-corrected chi connectivity index (χ3v) is 5.11. The summed E-state index contributed by atoms with van der Waals surface area (Å²) in [4.78, 5) is 12.1. The molecule has 1 aliphatic heterocycles. The average molecular weight is 353 g/mol. The average Bonchev–Trinajstić information content (AvgIpc) is 2.59. The zero-order valence-corrected chi connectivity index (χ0v) is 16.2. The summed E-state index contributed by atoms with van der Waals surface area (Å²) in [6.07, 6.45) is 5.17. The van der Waals surface area contributed by atoms with Crippen LogP contribution in [0.15, 0.2) is 24.3 Å². The lowest BCUT2D eigenvalue weighted by atomic mass is 9.84. The molecule has 1 aromatic carbocycles. The maximum atomic E-state index is 12.1. The first-order chi connectivity index (χ1) is 11.0. The predicted molar refractivity (Wildman–Crippen MR) is 104 cm³/mol. The normalized spacial score (nSPS) is 15.6. The molecule has 0 saturated carbocycles. The van der Waals surface area contributed by atoms with Gasteiger partial charge < -0.3 is 10.6 Å². The van der Waals surface area contributed by atoms with Gasteiger partial charge in [0.15, 0.2) is 0 Å². The molecule has 0 aromatic heterocycles. The van der Waals surface area contributed by atoms with E-state index in [1.165, 1.54) is 24.0 Å². The van der Waals surface area contributed by atoms with Gasteiger partial charge in [-0.25, -0.2) is 0 Å². The van der Waals surface area contributed by atoms with Crippen molar-refractivity contribution in [2.75, 3.05) is 19.6 Å². The fraction of sp³-hybridized carbons (Fsp3) is 0.650.